The van der Waals surface area contributed by atoms with Crippen LogP contribution in [0.1, 0.15) is 30.2 Å². The lowest BCUT2D eigenvalue weighted by Crippen LogP contribution is -1.99. The van der Waals surface area contributed by atoms with Gasteiger partial charge in [-0.25, -0.2) is 4.98 Å². The quantitative estimate of drug-likeness (QED) is 0.758. The van der Waals surface area contributed by atoms with Crippen molar-refractivity contribution >= 4 is 6.29 Å². The number of nitrogens with zero attached hydrogens (tertiary/aromatic N) is 3. The molecule has 0 aliphatic carbocycles. The van der Waals surface area contributed by atoms with E-state index in [1.807, 2.05) is 13.8 Å². The van der Waals surface area contributed by atoms with Crippen molar-refractivity contribution in [3.05, 3.63) is 36.3 Å². The second kappa shape index (κ2) is 4.78. The first-order valence-corrected chi connectivity index (χ1v) is 5.32. The molecule has 0 saturated carbocycles. The molecule has 0 amide bonds. The summed E-state index contributed by atoms with van der Waals surface area (Å²) in [6.07, 6.45) is 5.65. The third-order valence-electron chi connectivity index (χ3n) is 2.22. The van der Waals surface area contributed by atoms with E-state index in [1.165, 1.54) is 6.20 Å². The summed E-state index contributed by atoms with van der Waals surface area (Å²) < 4.78 is 7.30. The number of ether oxygens (including phenoxy) is 1. The Balaban J connectivity index is 2.10. The molecule has 0 saturated heterocycles. The van der Waals surface area contributed by atoms with Gasteiger partial charge in [0.25, 0.3) is 0 Å². The van der Waals surface area contributed by atoms with Crippen LogP contribution in [0.5, 0.6) is 11.6 Å². The maximum Gasteiger partial charge on any atom is 0.219 e. The normalized spacial score (nSPS) is 10.5. The Morgan fingerprint density at radius 2 is 2.18 bits per heavy atom. The van der Waals surface area contributed by atoms with Crippen LogP contribution in [0.2, 0.25) is 0 Å². The molecule has 0 atom stereocenters. The Kier molecular flexibility index (Phi) is 3.18. The molecule has 2 aromatic rings. The van der Waals surface area contributed by atoms with Crippen LogP contribution in [0.15, 0.2) is 30.7 Å². The highest BCUT2D eigenvalue weighted by atomic mass is 16.5. The minimum atomic E-state index is 0.290. The molecule has 2 rings (SSSR count). The van der Waals surface area contributed by atoms with Crippen LogP contribution in [-0.2, 0) is 0 Å². The first kappa shape index (κ1) is 11.3. The molecule has 0 fully saturated rings. The number of aromatic nitrogens is 3. The van der Waals surface area contributed by atoms with Gasteiger partial charge in [0.15, 0.2) is 12.0 Å². The van der Waals surface area contributed by atoms with Crippen LogP contribution < -0.4 is 4.74 Å². The Labute approximate surface area is 99.1 Å². The number of carbonyl (C=O) groups is 1. The standard InChI is InChI=1S/C12H13N3O2/c1-9(2)15-7-11(6-14-15)17-12-4-3-10(8-16)5-13-12/h3-9H,1-2H3. The zero-order valence-electron chi connectivity index (χ0n) is 9.70. The summed E-state index contributed by atoms with van der Waals surface area (Å²) in [4.78, 5) is 14.5. The molecule has 2 aromatic heterocycles. The van der Waals surface area contributed by atoms with Gasteiger partial charge in [0, 0.05) is 23.9 Å². The molecule has 0 spiro atoms. The van der Waals surface area contributed by atoms with E-state index in [1.54, 1.807) is 29.2 Å². The summed E-state index contributed by atoms with van der Waals surface area (Å²) in [6, 6.07) is 3.59. The van der Waals surface area contributed by atoms with Crippen molar-refractivity contribution in [2.45, 2.75) is 19.9 Å². The van der Waals surface area contributed by atoms with Gasteiger partial charge in [0.2, 0.25) is 5.88 Å². The molecule has 17 heavy (non-hydrogen) atoms. The maximum atomic E-state index is 10.5. The Morgan fingerprint density at radius 3 is 2.71 bits per heavy atom. The summed E-state index contributed by atoms with van der Waals surface area (Å²) >= 11 is 0. The Bertz CT molecular complexity index is 503. The fraction of sp³-hybridized carbons (Fsp3) is 0.250. The van der Waals surface area contributed by atoms with Gasteiger partial charge in [-0.05, 0) is 19.9 Å². The van der Waals surface area contributed by atoms with Gasteiger partial charge in [0.1, 0.15) is 0 Å². The Morgan fingerprint density at radius 1 is 1.35 bits per heavy atom. The smallest absolute Gasteiger partial charge is 0.219 e. The van der Waals surface area contributed by atoms with E-state index < -0.39 is 0 Å². The molecule has 0 aliphatic heterocycles. The third-order valence-corrected chi connectivity index (χ3v) is 2.22. The van der Waals surface area contributed by atoms with E-state index in [-0.39, 0.29) is 6.04 Å². The summed E-state index contributed by atoms with van der Waals surface area (Å²) in [6.45, 7) is 4.07. The highest BCUT2D eigenvalue weighted by molar-refractivity contribution is 5.74. The second-order valence-corrected chi connectivity index (χ2v) is 3.90. The van der Waals surface area contributed by atoms with Crippen LogP contribution in [0, 0.1) is 0 Å². The molecular formula is C12H13N3O2. The number of pyridine rings is 1. The molecule has 0 unspecified atom stereocenters. The number of carbonyl (C=O) groups excluding carboxylic acids is 1. The van der Waals surface area contributed by atoms with Gasteiger partial charge in [-0.1, -0.05) is 0 Å². The highest BCUT2D eigenvalue weighted by Gasteiger charge is 2.04. The first-order valence-electron chi connectivity index (χ1n) is 5.32. The fourth-order valence-electron chi connectivity index (χ4n) is 1.30. The number of hydrogen-bond donors (Lipinski definition) is 0. The van der Waals surface area contributed by atoms with Crippen molar-refractivity contribution in [2.24, 2.45) is 0 Å². The summed E-state index contributed by atoms with van der Waals surface area (Å²) in [7, 11) is 0. The van der Waals surface area contributed by atoms with E-state index in [0.717, 1.165) is 6.29 Å². The van der Waals surface area contributed by atoms with Crippen molar-refractivity contribution in [3.63, 3.8) is 0 Å². The second-order valence-electron chi connectivity index (χ2n) is 3.90. The molecule has 88 valence electrons. The third kappa shape index (κ3) is 2.69. The molecule has 0 aliphatic rings. The van der Waals surface area contributed by atoms with E-state index in [0.29, 0.717) is 17.2 Å². The SMILES string of the molecule is CC(C)n1cc(Oc2ccc(C=O)cn2)cn1. The van der Waals surface area contributed by atoms with E-state index in [9.17, 15) is 4.79 Å². The van der Waals surface area contributed by atoms with Gasteiger partial charge in [-0.15, -0.1) is 0 Å². The molecule has 0 radical (unpaired) electrons. The number of aldehydes is 1. The van der Waals surface area contributed by atoms with Gasteiger partial charge in [-0.3, -0.25) is 9.48 Å². The molecular weight excluding hydrogens is 218 g/mol. The fourth-order valence-corrected chi connectivity index (χ4v) is 1.30. The first-order chi connectivity index (χ1) is 8.19. The van der Waals surface area contributed by atoms with Crippen LogP contribution in [0.25, 0.3) is 0 Å². The van der Waals surface area contributed by atoms with E-state index in [4.69, 9.17) is 4.74 Å². The van der Waals surface area contributed by atoms with Gasteiger partial charge in [0.05, 0.1) is 12.4 Å². The average Bonchev–Trinajstić information content (AvgIpc) is 2.79. The van der Waals surface area contributed by atoms with Crippen LogP contribution in [-0.4, -0.2) is 21.1 Å². The highest BCUT2D eigenvalue weighted by Crippen LogP contribution is 2.19. The molecule has 2 heterocycles. The molecule has 0 aromatic carbocycles. The van der Waals surface area contributed by atoms with E-state index in [2.05, 4.69) is 10.1 Å². The van der Waals surface area contributed by atoms with Crippen molar-refractivity contribution < 1.29 is 9.53 Å². The lowest BCUT2D eigenvalue weighted by molar-refractivity contribution is 0.112. The van der Waals surface area contributed by atoms with Crippen molar-refractivity contribution in [1.82, 2.24) is 14.8 Å². The van der Waals surface area contributed by atoms with Crippen LogP contribution in [0.4, 0.5) is 0 Å². The maximum absolute atomic E-state index is 10.5. The zero-order valence-corrected chi connectivity index (χ0v) is 9.70. The minimum absolute atomic E-state index is 0.290. The van der Waals surface area contributed by atoms with Gasteiger partial charge >= 0.3 is 0 Å². The Hall–Kier alpha value is -2.17. The van der Waals surface area contributed by atoms with E-state index >= 15 is 0 Å². The lowest BCUT2D eigenvalue weighted by Gasteiger charge is -2.03. The average molecular weight is 231 g/mol. The van der Waals surface area contributed by atoms with Crippen molar-refractivity contribution in [3.8, 4) is 11.6 Å². The number of rotatable bonds is 4. The summed E-state index contributed by atoms with van der Waals surface area (Å²) in [5, 5.41) is 4.15. The molecule has 5 heteroatoms. The van der Waals surface area contributed by atoms with Crippen molar-refractivity contribution in [2.75, 3.05) is 0 Å². The summed E-state index contributed by atoms with van der Waals surface area (Å²) in [5.41, 5.74) is 0.523. The van der Waals surface area contributed by atoms with Gasteiger partial charge in [-0.2, -0.15) is 5.10 Å². The molecule has 0 N–H and O–H groups in total. The largest absolute Gasteiger partial charge is 0.436 e. The summed E-state index contributed by atoms with van der Waals surface area (Å²) in [5.74, 6) is 1.07. The predicted molar refractivity (Wildman–Crippen MR) is 62.3 cm³/mol. The lowest BCUT2D eigenvalue weighted by atomic mass is 10.3. The van der Waals surface area contributed by atoms with Crippen molar-refractivity contribution in [1.29, 1.82) is 0 Å². The van der Waals surface area contributed by atoms with Crippen LogP contribution in [0.3, 0.4) is 0 Å². The minimum Gasteiger partial charge on any atom is -0.436 e. The predicted octanol–water partition coefficient (Wildman–Crippen LogP) is 2.46. The van der Waals surface area contributed by atoms with Crippen LogP contribution >= 0.6 is 0 Å². The number of hydrogen-bond acceptors (Lipinski definition) is 4. The molecule has 5 nitrogen and oxygen atoms in total. The monoisotopic (exact) mass is 231 g/mol. The zero-order chi connectivity index (χ0) is 12.3. The van der Waals surface area contributed by atoms with Gasteiger partial charge < -0.3 is 4.74 Å². The molecule has 0 bridgehead atoms. The topological polar surface area (TPSA) is 57.0 Å².